The first kappa shape index (κ1) is 21.5. The molecule has 0 aliphatic carbocycles. The zero-order valence-electron chi connectivity index (χ0n) is 18.2. The number of rotatable bonds is 5. The molecule has 2 aromatic carbocycles. The van der Waals surface area contributed by atoms with Crippen molar-refractivity contribution in [3.63, 3.8) is 0 Å². The van der Waals surface area contributed by atoms with Crippen LogP contribution in [0.5, 0.6) is 5.75 Å². The number of nitrogens with zero attached hydrogens (tertiary/aromatic N) is 1. The highest BCUT2D eigenvalue weighted by atomic mass is 16.6. The van der Waals surface area contributed by atoms with Gasteiger partial charge >= 0.3 is 6.09 Å². The fourth-order valence-corrected chi connectivity index (χ4v) is 4.39. The van der Waals surface area contributed by atoms with E-state index in [9.17, 15) is 4.79 Å². The van der Waals surface area contributed by atoms with Crippen LogP contribution in [0.3, 0.4) is 0 Å². The van der Waals surface area contributed by atoms with Crippen LogP contribution in [0.1, 0.15) is 37.4 Å². The standard InChI is InChI=1S/C24H31N3O4/c1-24(2)16-22(17-4-3-5-18(14-17)27-9-12-30-13-10-27)26-21-7-6-19(15-20(21)24)31-23(29)25-8-11-28/h3-7,14-15,22,26,28H,8-13,16H2,1-2H3,(H,25,29). The SMILES string of the molecule is CC1(C)CC(c2cccc(N3CCOCC3)c2)Nc2ccc(OC(=O)NCCO)cc21. The van der Waals surface area contributed by atoms with Gasteiger partial charge in [0.05, 0.1) is 25.9 Å². The Balaban J connectivity index is 1.53. The normalized spacial score (nSPS) is 19.8. The van der Waals surface area contributed by atoms with E-state index in [2.05, 4.69) is 53.6 Å². The van der Waals surface area contributed by atoms with Gasteiger partial charge in [-0.3, -0.25) is 0 Å². The first-order chi connectivity index (χ1) is 15.0. The Labute approximate surface area is 183 Å². The lowest BCUT2D eigenvalue weighted by Crippen LogP contribution is -2.36. The molecule has 3 N–H and O–H groups in total. The van der Waals surface area contributed by atoms with E-state index in [0.29, 0.717) is 5.75 Å². The Kier molecular flexibility index (Phi) is 6.34. The first-order valence-electron chi connectivity index (χ1n) is 10.9. The molecule has 166 valence electrons. The Morgan fingerprint density at radius 1 is 1.26 bits per heavy atom. The van der Waals surface area contributed by atoms with Crippen molar-refractivity contribution in [1.29, 1.82) is 0 Å². The highest BCUT2D eigenvalue weighted by molar-refractivity contribution is 5.71. The van der Waals surface area contributed by atoms with Gasteiger partial charge in [-0.2, -0.15) is 0 Å². The van der Waals surface area contributed by atoms with Gasteiger partial charge < -0.3 is 30.1 Å². The fraction of sp³-hybridized carbons (Fsp3) is 0.458. The molecule has 0 saturated carbocycles. The number of carbonyl (C=O) groups is 1. The minimum Gasteiger partial charge on any atom is -0.410 e. The molecule has 2 aromatic rings. The maximum atomic E-state index is 11.8. The molecular formula is C24H31N3O4. The Bertz CT molecular complexity index is 925. The monoisotopic (exact) mass is 425 g/mol. The largest absolute Gasteiger partial charge is 0.412 e. The minimum atomic E-state index is -0.562. The number of aliphatic hydroxyl groups excluding tert-OH is 1. The summed E-state index contributed by atoms with van der Waals surface area (Å²) in [6, 6.07) is 14.7. The molecule has 1 saturated heterocycles. The molecular weight excluding hydrogens is 394 g/mol. The van der Waals surface area contributed by atoms with Crippen molar-refractivity contribution in [3.05, 3.63) is 53.6 Å². The number of ether oxygens (including phenoxy) is 2. The van der Waals surface area contributed by atoms with Crippen molar-refractivity contribution in [1.82, 2.24) is 5.32 Å². The van der Waals surface area contributed by atoms with Gasteiger partial charge in [-0.1, -0.05) is 26.0 Å². The van der Waals surface area contributed by atoms with Gasteiger partial charge in [0.1, 0.15) is 5.75 Å². The van der Waals surface area contributed by atoms with Crippen LogP contribution in [0.25, 0.3) is 0 Å². The first-order valence-corrected chi connectivity index (χ1v) is 10.9. The van der Waals surface area contributed by atoms with Gasteiger partial charge in [-0.15, -0.1) is 0 Å². The van der Waals surface area contributed by atoms with Crippen LogP contribution in [0.15, 0.2) is 42.5 Å². The molecule has 7 nitrogen and oxygen atoms in total. The summed E-state index contributed by atoms with van der Waals surface area (Å²) in [6.45, 7) is 7.88. The topological polar surface area (TPSA) is 83.1 Å². The number of aliphatic hydroxyl groups is 1. The van der Waals surface area contributed by atoms with Crippen LogP contribution in [0.4, 0.5) is 16.2 Å². The lowest BCUT2D eigenvalue weighted by molar-refractivity contribution is 0.122. The molecule has 0 bridgehead atoms. The zero-order chi connectivity index (χ0) is 21.8. The van der Waals surface area contributed by atoms with E-state index in [0.717, 1.165) is 44.0 Å². The number of benzene rings is 2. The molecule has 1 amide bonds. The van der Waals surface area contributed by atoms with Gasteiger partial charge in [-0.05, 0) is 53.3 Å². The number of morpholine rings is 1. The number of anilines is 2. The zero-order valence-corrected chi connectivity index (χ0v) is 18.2. The van der Waals surface area contributed by atoms with E-state index in [1.165, 1.54) is 11.3 Å². The lowest BCUT2D eigenvalue weighted by Gasteiger charge is -2.39. The van der Waals surface area contributed by atoms with Crippen molar-refractivity contribution < 1.29 is 19.4 Å². The average molecular weight is 426 g/mol. The quantitative estimate of drug-likeness (QED) is 0.681. The predicted octanol–water partition coefficient (Wildman–Crippen LogP) is 3.44. The third-order valence-electron chi connectivity index (χ3n) is 6.00. The van der Waals surface area contributed by atoms with Crippen LogP contribution >= 0.6 is 0 Å². The van der Waals surface area contributed by atoms with Crippen molar-refractivity contribution in [3.8, 4) is 5.75 Å². The molecule has 7 heteroatoms. The molecule has 2 aliphatic heterocycles. The summed E-state index contributed by atoms with van der Waals surface area (Å²) in [6.07, 6.45) is 0.362. The van der Waals surface area contributed by atoms with Crippen LogP contribution in [-0.2, 0) is 10.2 Å². The molecule has 1 unspecified atom stereocenters. The summed E-state index contributed by atoms with van der Waals surface area (Å²) in [4.78, 5) is 14.2. The lowest BCUT2D eigenvalue weighted by atomic mass is 9.74. The maximum Gasteiger partial charge on any atom is 0.412 e. The molecule has 1 atom stereocenters. The average Bonchev–Trinajstić information content (AvgIpc) is 2.78. The Morgan fingerprint density at radius 2 is 2.06 bits per heavy atom. The summed E-state index contributed by atoms with van der Waals surface area (Å²) < 4.78 is 10.9. The number of carbonyl (C=O) groups excluding carboxylic acids is 1. The van der Waals surface area contributed by atoms with Gasteiger partial charge in [0.15, 0.2) is 0 Å². The smallest absolute Gasteiger partial charge is 0.410 e. The van der Waals surface area contributed by atoms with Gasteiger partial charge in [0, 0.05) is 31.0 Å². The predicted molar refractivity (Wildman–Crippen MR) is 121 cm³/mol. The van der Waals surface area contributed by atoms with E-state index in [1.54, 1.807) is 6.07 Å². The van der Waals surface area contributed by atoms with Crippen LogP contribution in [0.2, 0.25) is 0 Å². The molecule has 2 aliphatic rings. The molecule has 1 fully saturated rings. The Morgan fingerprint density at radius 3 is 2.84 bits per heavy atom. The van der Waals surface area contributed by atoms with E-state index in [4.69, 9.17) is 14.6 Å². The van der Waals surface area contributed by atoms with Gasteiger partial charge in [0.25, 0.3) is 0 Å². The second kappa shape index (κ2) is 9.16. The summed E-state index contributed by atoms with van der Waals surface area (Å²) >= 11 is 0. The number of hydrogen-bond acceptors (Lipinski definition) is 6. The van der Waals surface area contributed by atoms with Crippen molar-refractivity contribution in [2.75, 3.05) is 49.7 Å². The second-order valence-corrected chi connectivity index (χ2v) is 8.73. The number of fused-ring (bicyclic) bond motifs is 1. The van der Waals surface area contributed by atoms with E-state index in [-0.39, 0.29) is 24.6 Å². The van der Waals surface area contributed by atoms with Gasteiger partial charge in [0.2, 0.25) is 0 Å². The summed E-state index contributed by atoms with van der Waals surface area (Å²) in [5.74, 6) is 0.497. The van der Waals surface area contributed by atoms with E-state index >= 15 is 0 Å². The molecule has 0 radical (unpaired) electrons. The van der Waals surface area contributed by atoms with E-state index < -0.39 is 6.09 Å². The molecule has 2 heterocycles. The third kappa shape index (κ3) is 4.94. The van der Waals surface area contributed by atoms with Crippen LogP contribution < -0.4 is 20.3 Å². The molecule has 31 heavy (non-hydrogen) atoms. The Hall–Kier alpha value is -2.77. The highest BCUT2D eigenvalue weighted by Gasteiger charge is 2.34. The van der Waals surface area contributed by atoms with Crippen molar-refractivity contribution >= 4 is 17.5 Å². The minimum absolute atomic E-state index is 0.0961. The highest BCUT2D eigenvalue weighted by Crippen LogP contribution is 2.45. The number of amides is 1. The van der Waals surface area contributed by atoms with Crippen molar-refractivity contribution in [2.24, 2.45) is 0 Å². The fourth-order valence-electron chi connectivity index (χ4n) is 4.39. The molecule has 0 spiro atoms. The summed E-state index contributed by atoms with van der Waals surface area (Å²) in [5, 5.41) is 15.0. The molecule has 0 aromatic heterocycles. The third-order valence-corrected chi connectivity index (χ3v) is 6.00. The maximum absolute atomic E-state index is 11.8. The number of hydrogen-bond donors (Lipinski definition) is 3. The van der Waals surface area contributed by atoms with Gasteiger partial charge in [-0.25, -0.2) is 4.79 Å². The van der Waals surface area contributed by atoms with Crippen molar-refractivity contribution in [2.45, 2.75) is 31.7 Å². The summed E-state index contributed by atoms with van der Waals surface area (Å²) in [5.41, 5.74) is 4.60. The van der Waals surface area contributed by atoms with Crippen LogP contribution in [0, 0.1) is 0 Å². The second-order valence-electron chi connectivity index (χ2n) is 8.73. The van der Waals surface area contributed by atoms with E-state index in [1.807, 2.05) is 12.1 Å². The number of nitrogens with one attached hydrogen (secondary N) is 2. The molecule has 4 rings (SSSR count). The summed E-state index contributed by atoms with van der Waals surface area (Å²) in [7, 11) is 0. The van der Waals surface area contributed by atoms with Crippen LogP contribution in [-0.4, -0.2) is 50.7 Å².